The van der Waals surface area contributed by atoms with Gasteiger partial charge in [-0.2, -0.15) is 0 Å². The molecule has 0 radical (unpaired) electrons. The summed E-state index contributed by atoms with van der Waals surface area (Å²) >= 11 is 0. The zero-order valence-electron chi connectivity index (χ0n) is 13.6. The Morgan fingerprint density at radius 1 is 1.12 bits per heavy atom. The molecule has 2 N–H and O–H groups in total. The van der Waals surface area contributed by atoms with Crippen molar-refractivity contribution in [1.29, 1.82) is 0 Å². The van der Waals surface area contributed by atoms with E-state index in [4.69, 9.17) is 0 Å². The summed E-state index contributed by atoms with van der Waals surface area (Å²) in [5, 5.41) is 12.8. The van der Waals surface area contributed by atoms with Crippen LogP contribution in [0.4, 0.5) is 0 Å². The number of carbonyl (C=O) groups is 1. The quantitative estimate of drug-likeness (QED) is 0.716. The number of hydrogen-bond acceptors (Lipinski definition) is 4. The third-order valence-corrected chi connectivity index (χ3v) is 3.98. The van der Waals surface area contributed by atoms with Crippen molar-refractivity contribution in [2.45, 2.75) is 19.1 Å². The molecule has 1 aromatic heterocycles. The van der Waals surface area contributed by atoms with Crippen LogP contribution in [0.2, 0.25) is 0 Å². The van der Waals surface area contributed by atoms with E-state index in [1.165, 1.54) is 10.8 Å². The molecule has 3 aromatic rings. The first-order valence-corrected chi connectivity index (χ1v) is 8.09. The molecule has 0 spiro atoms. The summed E-state index contributed by atoms with van der Waals surface area (Å²) in [4.78, 5) is 28.2. The zero-order valence-corrected chi connectivity index (χ0v) is 13.6. The van der Waals surface area contributed by atoms with E-state index in [0.29, 0.717) is 24.0 Å². The number of nitrogens with one attached hydrogen (secondary N) is 1. The maximum atomic E-state index is 12.2. The van der Waals surface area contributed by atoms with Gasteiger partial charge in [-0.05, 0) is 24.1 Å². The second-order valence-electron chi connectivity index (χ2n) is 5.74. The molecule has 128 valence electrons. The fourth-order valence-electron chi connectivity index (χ4n) is 2.67. The molecule has 6 nitrogen and oxygen atoms in total. The number of carbonyl (C=O) groups excluding carboxylic acids is 1. The van der Waals surface area contributed by atoms with Crippen LogP contribution in [0.3, 0.4) is 0 Å². The molecule has 1 atom stereocenters. The Morgan fingerprint density at radius 3 is 2.64 bits per heavy atom. The first-order chi connectivity index (χ1) is 12.1. The maximum absolute atomic E-state index is 12.2. The lowest BCUT2D eigenvalue weighted by atomic mass is 10.1. The number of benzene rings is 2. The van der Waals surface area contributed by atoms with Gasteiger partial charge < -0.3 is 10.4 Å². The molecule has 1 heterocycles. The maximum Gasteiger partial charge on any atom is 0.269 e. The Balaban J connectivity index is 1.60. The summed E-state index contributed by atoms with van der Waals surface area (Å²) in [6.45, 7) is 0.246. The van der Waals surface area contributed by atoms with Gasteiger partial charge in [0.25, 0.3) is 5.56 Å². The minimum absolute atomic E-state index is 0.0801. The predicted octanol–water partition coefficient (Wildman–Crippen LogP) is 1.64. The monoisotopic (exact) mass is 337 g/mol. The van der Waals surface area contributed by atoms with E-state index in [9.17, 15) is 14.7 Å². The molecule has 0 saturated heterocycles. The summed E-state index contributed by atoms with van der Waals surface area (Å²) in [5.41, 5.74) is 1.77. The third kappa shape index (κ3) is 4.10. The van der Waals surface area contributed by atoms with E-state index in [2.05, 4.69) is 10.3 Å². The number of aliphatic hydroxyl groups is 1. The fourth-order valence-corrected chi connectivity index (χ4v) is 2.67. The topological polar surface area (TPSA) is 84.2 Å². The molecule has 0 saturated carbocycles. The van der Waals surface area contributed by atoms with Gasteiger partial charge in [-0.15, -0.1) is 0 Å². The fraction of sp³-hybridized carbons (Fsp3) is 0.211. The van der Waals surface area contributed by atoms with Crippen molar-refractivity contribution in [3.8, 4) is 0 Å². The Labute approximate surface area is 144 Å². The molecule has 3 rings (SSSR count). The second kappa shape index (κ2) is 7.72. The van der Waals surface area contributed by atoms with Crippen LogP contribution in [0.5, 0.6) is 0 Å². The van der Waals surface area contributed by atoms with Crippen LogP contribution < -0.4 is 10.9 Å². The molecule has 0 aliphatic carbocycles. The Kier molecular flexibility index (Phi) is 5.20. The summed E-state index contributed by atoms with van der Waals surface area (Å²) in [6, 6.07) is 16.5. The number of fused-ring (bicyclic) bond motifs is 1. The molecule has 0 aliphatic heterocycles. The van der Waals surface area contributed by atoms with Crippen molar-refractivity contribution in [1.82, 2.24) is 14.9 Å². The summed E-state index contributed by atoms with van der Waals surface area (Å²) in [6.07, 6.45) is 0.988. The van der Waals surface area contributed by atoms with Crippen LogP contribution in [0.1, 0.15) is 18.1 Å². The average Bonchev–Trinajstić information content (AvgIpc) is 2.65. The van der Waals surface area contributed by atoms with Crippen molar-refractivity contribution in [2.24, 2.45) is 0 Å². The third-order valence-electron chi connectivity index (χ3n) is 3.98. The number of para-hydroxylation sites is 2. The highest BCUT2D eigenvalue weighted by atomic mass is 16.3. The van der Waals surface area contributed by atoms with Crippen molar-refractivity contribution >= 4 is 16.9 Å². The first-order valence-electron chi connectivity index (χ1n) is 8.09. The molecule has 1 unspecified atom stereocenters. The molecule has 2 aromatic carbocycles. The molecule has 6 heteroatoms. The normalized spacial score (nSPS) is 12.0. The molecule has 25 heavy (non-hydrogen) atoms. The van der Waals surface area contributed by atoms with E-state index in [1.54, 1.807) is 18.2 Å². The molecule has 0 bridgehead atoms. The van der Waals surface area contributed by atoms with E-state index >= 15 is 0 Å². The summed E-state index contributed by atoms with van der Waals surface area (Å²) in [5.74, 6) is -0.279. The van der Waals surface area contributed by atoms with Gasteiger partial charge in [0.15, 0.2) is 0 Å². The highest BCUT2D eigenvalue weighted by molar-refractivity contribution is 5.79. The number of amides is 1. The number of rotatable bonds is 6. The van der Waals surface area contributed by atoms with Crippen LogP contribution in [-0.2, 0) is 11.3 Å². The lowest BCUT2D eigenvalue weighted by Crippen LogP contribution is -2.33. The van der Waals surface area contributed by atoms with Crippen LogP contribution in [0.25, 0.3) is 11.0 Å². The van der Waals surface area contributed by atoms with Gasteiger partial charge in [-0.3, -0.25) is 14.2 Å². The zero-order chi connectivity index (χ0) is 17.6. The SMILES string of the molecule is O=C(Cn1c(=O)cnc2ccccc21)NCCC(O)c1ccccc1. The van der Waals surface area contributed by atoms with Gasteiger partial charge in [0, 0.05) is 6.54 Å². The summed E-state index contributed by atoms with van der Waals surface area (Å²) in [7, 11) is 0. The second-order valence-corrected chi connectivity index (χ2v) is 5.74. The standard InChI is InChI=1S/C19H19N3O3/c23-17(14-6-2-1-3-7-14)10-11-20-18(24)13-22-16-9-5-4-8-15(16)21-12-19(22)25/h1-9,12,17,23H,10-11,13H2,(H,20,24). The predicted molar refractivity (Wildman–Crippen MR) is 95.0 cm³/mol. The van der Waals surface area contributed by atoms with Gasteiger partial charge in [0.05, 0.1) is 23.3 Å². The first kappa shape index (κ1) is 16.9. The molecule has 0 fully saturated rings. The van der Waals surface area contributed by atoms with Crippen LogP contribution in [-0.4, -0.2) is 27.1 Å². The van der Waals surface area contributed by atoms with E-state index in [-0.39, 0.29) is 18.0 Å². The minimum Gasteiger partial charge on any atom is -0.388 e. The number of hydrogen-bond donors (Lipinski definition) is 2. The number of aliphatic hydroxyl groups excluding tert-OH is 1. The van der Waals surface area contributed by atoms with Gasteiger partial charge >= 0.3 is 0 Å². The smallest absolute Gasteiger partial charge is 0.269 e. The highest BCUT2D eigenvalue weighted by Gasteiger charge is 2.10. The van der Waals surface area contributed by atoms with Crippen molar-refractivity contribution < 1.29 is 9.90 Å². The van der Waals surface area contributed by atoms with E-state index in [0.717, 1.165) is 5.56 Å². The lowest BCUT2D eigenvalue weighted by Gasteiger charge is -2.13. The van der Waals surface area contributed by atoms with E-state index in [1.807, 2.05) is 36.4 Å². The van der Waals surface area contributed by atoms with Crippen LogP contribution in [0.15, 0.2) is 65.6 Å². The van der Waals surface area contributed by atoms with Crippen molar-refractivity contribution in [2.75, 3.05) is 6.54 Å². The Bertz CT molecular complexity index is 922. The molecular weight excluding hydrogens is 318 g/mol. The largest absolute Gasteiger partial charge is 0.388 e. The summed E-state index contributed by atoms with van der Waals surface area (Å²) < 4.78 is 1.39. The number of aromatic nitrogens is 2. The Morgan fingerprint density at radius 2 is 1.84 bits per heavy atom. The minimum atomic E-state index is -0.633. The van der Waals surface area contributed by atoms with Crippen molar-refractivity contribution in [3.05, 3.63) is 76.7 Å². The highest BCUT2D eigenvalue weighted by Crippen LogP contribution is 2.14. The van der Waals surface area contributed by atoms with Gasteiger partial charge in [-0.1, -0.05) is 42.5 Å². The van der Waals surface area contributed by atoms with Gasteiger partial charge in [-0.25, -0.2) is 4.98 Å². The van der Waals surface area contributed by atoms with Gasteiger partial charge in [0.2, 0.25) is 5.91 Å². The Hall–Kier alpha value is -2.99. The van der Waals surface area contributed by atoms with Crippen molar-refractivity contribution in [3.63, 3.8) is 0 Å². The molecule has 1 amide bonds. The molecular formula is C19H19N3O3. The molecule has 0 aliphatic rings. The van der Waals surface area contributed by atoms with E-state index < -0.39 is 6.10 Å². The number of nitrogens with zero attached hydrogens (tertiary/aromatic N) is 2. The van der Waals surface area contributed by atoms with Gasteiger partial charge in [0.1, 0.15) is 6.54 Å². The average molecular weight is 337 g/mol. The van der Waals surface area contributed by atoms with Crippen LogP contribution in [0, 0.1) is 0 Å². The lowest BCUT2D eigenvalue weighted by molar-refractivity contribution is -0.121. The van der Waals surface area contributed by atoms with Crippen LogP contribution >= 0.6 is 0 Å².